The highest BCUT2D eigenvalue weighted by atomic mass is 19.4. The van der Waals surface area contributed by atoms with E-state index < -0.39 is 12.1 Å². The van der Waals surface area contributed by atoms with Crippen molar-refractivity contribution >= 4 is 16.5 Å². The summed E-state index contributed by atoms with van der Waals surface area (Å²) in [5.41, 5.74) is 0.891. The number of nitrogens with one attached hydrogen (secondary N) is 1. The first-order valence-corrected chi connectivity index (χ1v) is 7.20. The first-order valence-electron chi connectivity index (χ1n) is 7.20. The summed E-state index contributed by atoms with van der Waals surface area (Å²) in [6, 6.07) is 7.54. The van der Waals surface area contributed by atoms with Gasteiger partial charge in [0.1, 0.15) is 0 Å². The van der Waals surface area contributed by atoms with Crippen molar-refractivity contribution in [3.05, 3.63) is 36.7 Å². The van der Waals surface area contributed by atoms with Crippen LogP contribution in [0.2, 0.25) is 0 Å². The molecular formula is C16H17F3N2. The number of benzene rings is 1. The summed E-state index contributed by atoms with van der Waals surface area (Å²) in [6.45, 7) is 0. The van der Waals surface area contributed by atoms with Gasteiger partial charge in [0.2, 0.25) is 0 Å². The molecule has 1 aliphatic carbocycles. The van der Waals surface area contributed by atoms with Gasteiger partial charge in [-0.1, -0.05) is 18.6 Å². The molecule has 1 aromatic heterocycles. The lowest BCUT2D eigenvalue weighted by molar-refractivity contribution is -0.182. The van der Waals surface area contributed by atoms with Gasteiger partial charge in [-0.15, -0.1) is 0 Å². The van der Waals surface area contributed by atoms with Gasteiger partial charge in [0.15, 0.2) is 0 Å². The molecule has 1 saturated carbocycles. The summed E-state index contributed by atoms with van der Waals surface area (Å²) in [7, 11) is 0. The molecule has 2 aromatic rings. The Morgan fingerprint density at radius 2 is 2.00 bits per heavy atom. The highest BCUT2D eigenvalue weighted by Gasteiger charge is 2.42. The van der Waals surface area contributed by atoms with Gasteiger partial charge >= 0.3 is 6.18 Å². The molecule has 0 spiro atoms. The number of fused-ring (bicyclic) bond motifs is 1. The van der Waals surface area contributed by atoms with Gasteiger partial charge < -0.3 is 5.32 Å². The van der Waals surface area contributed by atoms with Crippen LogP contribution in [0.25, 0.3) is 10.8 Å². The lowest BCUT2D eigenvalue weighted by Gasteiger charge is -2.31. The summed E-state index contributed by atoms with van der Waals surface area (Å²) in [4.78, 5) is 4.07. The molecule has 2 atom stereocenters. The maximum atomic E-state index is 12.9. The zero-order valence-corrected chi connectivity index (χ0v) is 11.5. The number of halogens is 3. The monoisotopic (exact) mass is 294 g/mol. The van der Waals surface area contributed by atoms with E-state index in [0.29, 0.717) is 6.42 Å². The Kier molecular flexibility index (Phi) is 3.74. The standard InChI is InChI=1S/C16H17F3N2/c17-16(18,19)12-4-2-5-13(9-12)21-15-6-1-3-11-10-20-8-7-14(11)15/h1,3,6-8,10,12-13,21H,2,4-5,9H2. The maximum absolute atomic E-state index is 12.9. The van der Waals surface area contributed by atoms with Crippen LogP contribution in [0.5, 0.6) is 0 Å². The molecule has 1 N–H and O–H groups in total. The van der Waals surface area contributed by atoms with E-state index in [4.69, 9.17) is 0 Å². The number of nitrogens with zero attached hydrogens (tertiary/aromatic N) is 1. The Hall–Kier alpha value is -1.78. The van der Waals surface area contributed by atoms with Crippen molar-refractivity contribution in [1.82, 2.24) is 4.98 Å². The van der Waals surface area contributed by atoms with Gasteiger partial charge in [0.25, 0.3) is 0 Å². The van der Waals surface area contributed by atoms with Crippen LogP contribution < -0.4 is 5.32 Å². The van der Waals surface area contributed by atoms with Crippen LogP contribution in [0.15, 0.2) is 36.7 Å². The predicted octanol–water partition coefficient (Wildman–Crippen LogP) is 4.77. The first kappa shape index (κ1) is 14.2. The summed E-state index contributed by atoms with van der Waals surface area (Å²) >= 11 is 0. The first-order chi connectivity index (χ1) is 10.0. The molecule has 0 bridgehead atoms. The fourth-order valence-electron chi connectivity index (χ4n) is 3.09. The Balaban J connectivity index is 1.79. The molecule has 0 amide bonds. The van der Waals surface area contributed by atoms with Crippen LogP contribution in [0, 0.1) is 5.92 Å². The van der Waals surface area contributed by atoms with Crippen molar-refractivity contribution in [3.8, 4) is 0 Å². The zero-order valence-electron chi connectivity index (χ0n) is 11.5. The third-order valence-corrected chi connectivity index (χ3v) is 4.18. The molecule has 0 radical (unpaired) electrons. The molecule has 2 nitrogen and oxygen atoms in total. The second kappa shape index (κ2) is 5.54. The van der Waals surface area contributed by atoms with E-state index in [2.05, 4.69) is 10.3 Å². The summed E-state index contributed by atoms with van der Waals surface area (Å²) < 4.78 is 38.6. The smallest absolute Gasteiger partial charge is 0.382 e. The topological polar surface area (TPSA) is 24.9 Å². The fourth-order valence-corrected chi connectivity index (χ4v) is 3.09. The molecule has 0 saturated heterocycles. The number of anilines is 1. The minimum atomic E-state index is -4.08. The maximum Gasteiger partial charge on any atom is 0.391 e. The minimum Gasteiger partial charge on any atom is -0.382 e. The van der Waals surface area contributed by atoms with Gasteiger partial charge in [-0.05, 0) is 31.4 Å². The average molecular weight is 294 g/mol. The van der Waals surface area contributed by atoms with Crippen molar-refractivity contribution < 1.29 is 13.2 Å². The van der Waals surface area contributed by atoms with E-state index >= 15 is 0 Å². The zero-order chi connectivity index (χ0) is 14.9. The number of rotatable bonds is 2. The van der Waals surface area contributed by atoms with E-state index in [9.17, 15) is 13.2 Å². The third kappa shape index (κ3) is 3.12. The minimum absolute atomic E-state index is 0.121. The summed E-state index contributed by atoms with van der Waals surface area (Å²) in [5.74, 6) is -1.18. The number of hydrogen-bond donors (Lipinski definition) is 1. The predicted molar refractivity (Wildman–Crippen MR) is 77.2 cm³/mol. The van der Waals surface area contributed by atoms with Crippen LogP contribution in [-0.2, 0) is 0 Å². The van der Waals surface area contributed by atoms with Gasteiger partial charge in [0, 0.05) is 34.9 Å². The van der Waals surface area contributed by atoms with Crippen molar-refractivity contribution in [3.63, 3.8) is 0 Å². The molecule has 3 rings (SSSR count). The van der Waals surface area contributed by atoms with Crippen molar-refractivity contribution in [2.75, 3.05) is 5.32 Å². The van der Waals surface area contributed by atoms with E-state index in [1.54, 1.807) is 12.4 Å². The fraction of sp³-hybridized carbons (Fsp3) is 0.438. The SMILES string of the molecule is FC(F)(F)C1CCCC(Nc2cccc3cnccc23)C1. The molecule has 1 fully saturated rings. The molecule has 1 aliphatic rings. The highest BCUT2D eigenvalue weighted by molar-refractivity contribution is 5.93. The molecular weight excluding hydrogens is 277 g/mol. The highest BCUT2D eigenvalue weighted by Crippen LogP contribution is 2.38. The average Bonchev–Trinajstić information content (AvgIpc) is 2.47. The van der Waals surface area contributed by atoms with Crippen LogP contribution >= 0.6 is 0 Å². The Morgan fingerprint density at radius 1 is 1.14 bits per heavy atom. The van der Waals surface area contributed by atoms with E-state index in [0.717, 1.165) is 22.9 Å². The quantitative estimate of drug-likeness (QED) is 0.863. The van der Waals surface area contributed by atoms with Gasteiger partial charge in [0.05, 0.1) is 5.92 Å². The third-order valence-electron chi connectivity index (χ3n) is 4.18. The lowest BCUT2D eigenvalue weighted by atomic mass is 9.85. The van der Waals surface area contributed by atoms with Gasteiger partial charge in [-0.3, -0.25) is 4.98 Å². The second-order valence-electron chi connectivity index (χ2n) is 5.65. The largest absolute Gasteiger partial charge is 0.391 e. The Morgan fingerprint density at radius 3 is 2.81 bits per heavy atom. The van der Waals surface area contributed by atoms with Gasteiger partial charge in [-0.25, -0.2) is 0 Å². The number of pyridine rings is 1. The Bertz CT molecular complexity index is 619. The molecule has 1 heterocycles. The molecule has 2 unspecified atom stereocenters. The molecule has 21 heavy (non-hydrogen) atoms. The normalized spacial score (nSPS) is 23.2. The number of hydrogen-bond acceptors (Lipinski definition) is 2. The number of alkyl halides is 3. The summed E-state index contributed by atoms with van der Waals surface area (Å²) in [6.07, 6.45) is 1.20. The van der Waals surface area contributed by atoms with Crippen LogP contribution in [-0.4, -0.2) is 17.2 Å². The van der Waals surface area contributed by atoms with E-state index in [-0.39, 0.29) is 18.9 Å². The van der Waals surface area contributed by atoms with E-state index in [1.807, 2.05) is 24.3 Å². The molecule has 0 aliphatic heterocycles. The number of aromatic nitrogens is 1. The second-order valence-corrected chi connectivity index (χ2v) is 5.65. The van der Waals surface area contributed by atoms with E-state index in [1.165, 1.54) is 0 Å². The van der Waals surface area contributed by atoms with Crippen LogP contribution in [0.4, 0.5) is 18.9 Å². The van der Waals surface area contributed by atoms with Crippen LogP contribution in [0.3, 0.4) is 0 Å². The molecule has 1 aromatic carbocycles. The van der Waals surface area contributed by atoms with Crippen LogP contribution in [0.1, 0.15) is 25.7 Å². The van der Waals surface area contributed by atoms with Gasteiger partial charge in [-0.2, -0.15) is 13.2 Å². The van der Waals surface area contributed by atoms with Crippen molar-refractivity contribution in [2.24, 2.45) is 5.92 Å². The molecule has 112 valence electrons. The summed E-state index contributed by atoms with van der Waals surface area (Å²) in [5, 5.41) is 5.29. The Labute approximate surface area is 121 Å². The lowest BCUT2D eigenvalue weighted by Crippen LogP contribution is -2.34. The van der Waals surface area contributed by atoms with Crippen molar-refractivity contribution in [2.45, 2.75) is 37.9 Å². The molecule has 5 heteroatoms. The van der Waals surface area contributed by atoms with Crippen molar-refractivity contribution in [1.29, 1.82) is 0 Å².